The number of rotatable bonds is 5. The van der Waals surface area contributed by atoms with Gasteiger partial charge in [0.1, 0.15) is 17.5 Å². The molecule has 5 nitrogen and oxygen atoms in total. The lowest BCUT2D eigenvalue weighted by Crippen LogP contribution is -2.48. The van der Waals surface area contributed by atoms with Gasteiger partial charge >= 0.3 is 0 Å². The van der Waals surface area contributed by atoms with Gasteiger partial charge in [0.15, 0.2) is 0 Å². The van der Waals surface area contributed by atoms with Crippen molar-refractivity contribution in [1.82, 2.24) is 9.97 Å². The summed E-state index contributed by atoms with van der Waals surface area (Å²) in [5.74, 6) is 3.16. The monoisotopic (exact) mass is 292 g/mol. The number of aromatic nitrogens is 2. The topological polar surface area (TPSA) is 50.3 Å². The highest BCUT2D eigenvalue weighted by Gasteiger charge is 2.25. The van der Waals surface area contributed by atoms with E-state index in [0.717, 1.165) is 43.6 Å². The fourth-order valence-corrected chi connectivity index (χ4v) is 2.42. The van der Waals surface area contributed by atoms with Gasteiger partial charge in [0.05, 0.1) is 18.8 Å². The molecule has 0 amide bonds. The molecule has 2 atom stereocenters. The molecule has 1 saturated heterocycles. The number of hydrogen-bond acceptors (Lipinski definition) is 5. The van der Waals surface area contributed by atoms with Crippen LogP contribution in [0.3, 0.4) is 0 Å². The van der Waals surface area contributed by atoms with E-state index in [1.165, 1.54) is 0 Å². The number of nitrogens with one attached hydrogen (secondary N) is 1. The van der Waals surface area contributed by atoms with Crippen molar-refractivity contribution in [1.29, 1.82) is 0 Å². The average Bonchev–Trinajstić information content (AvgIpc) is 2.47. The van der Waals surface area contributed by atoms with E-state index in [2.05, 4.69) is 55.9 Å². The van der Waals surface area contributed by atoms with Gasteiger partial charge in [-0.05, 0) is 20.3 Å². The summed E-state index contributed by atoms with van der Waals surface area (Å²) in [5, 5.41) is 3.39. The molecule has 2 rings (SSSR count). The van der Waals surface area contributed by atoms with E-state index in [9.17, 15) is 0 Å². The Morgan fingerprint density at radius 2 is 2.14 bits per heavy atom. The van der Waals surface area contributed by atoms with Crippen LogP contribution in [0.15, 0.2) is 6.07 Å². The van der Waals surface area contributed by atoms with Crippen molar-refractivity contribution in [3.8, 4) is 0 Å². The summed E-state index contributed by atoms with van der Waals surface area (Å²) in [4.78, 5) is 11.7. The highest BCUT2D eigenvalue weighted by atomic mass is 16.5. The molecule has 1 aromatic rings. The van der Waals surface area contributed by atoms with Crippen LogP contribution in [0, 0.1) is 0 Å². The molecule has 0 spiro atoms. The fourth-order valence-electron chi connectivity index (χ4n) is 2.42. The normalized spacial score (nSPS) is 22.7. The highest BCUT2D eigenvalue weighted by Crippen LogP contribution is 2.24. The maximum absolute atomic E-state index is 5.71. The Morgan fingerprint density at radius 3 is 2.81 bits per heavy atom. The third kappa shape index (κ3) is 4.06. The van der Waals surface area contributed by atoms with Gasteiger partial charge in [-0.2, -0.15) is 0 Å². The molecule has 2 unspecified atom stereocenters. The molecule has 0 aromatic carbocycles. The summed E-state index contributed by atoms with van der Waals surface area (Å²) >= 11 is 0. The van der Waals surface area contributed by atoms with Crippen molar-refractivity contribution in [2.45, 2.75) is 59.1 Å². The predicted octanol–water partition coefficient (Wildman–Crippen LogP) is 3.04. The number of ether oxygens (including phenoxy) is 1. The second-order valence-corrected chi connectivity index (χ2v) is 6.20. The van der Waals surface area contributed by atoms with Crippen LogP contribution in [0.4, 0.5) is 11.6 Å². The minimum Gasteiger partial charge on any atom is -0.375 e. The van der Waals surface area contributed by atoms with Gasteiger partial charge in [-0.1, -0.05) is 20.8 Å². The first kappa shape index (κ1) is 16.0. The lowest BCUT2D eigenvalue weighted by atomic mass is 10.2. The van der Waals surface area contributed by atoms with Crippen molar-refractivity contribution in [3.63, 3.8) is 0 Å². The summed E-state index contributed by atoms with van der Waals surface area (Å²) in [5.41, 5.74) is 0. The van der Waals surface area contributed by atoms with Crippen LogP contribution >= 0.6 is 0 Å². The maximum Gasteiger partial charge on any atom is 0.135 e. The second-order valence-electron chi connectivity index (χ2n) is 6.20. The summed E-state index contributed by atoms with van der Waals surface area (Å²) in [7, 11) is 0. The van der Waals surface area contributed by atoms with Gasteiger partial charge in [-0.25, -0.2) is 9.97 Å². The van der Waals surface area contributed by atoms with Crippen molar-refractivity contribution in [3.05, 3.63) is 11.9 Å². The van der Waals surface area contributed by atoms with E-state index in [4.69, 9.17) is 9.72 Å². The van der Waals surface area contributed by atoms with Crippen molar-refractivity contribution >= 4 is 11.6 Å². The Bertz CT molecular complexity index is 464. The number of anilines is 2. The molecule has 5 heteroatoms. The maximum atomic E-state index is 5.71. The Balaban J connectivity index is 2.29. The van der Waals surface area contributed by atoms with Crippen LogP contribution < -0.4 is 10.2 Å². The number of morpholine rings is 1. The predicted molar refractivity (Wildman–Crippen MR) is 87.1 cm³/mol. The molecule has 0 bridgehead atoms. The van der Waals surface area contributed by atoms with Crippen LogP contribution in [-0.4, -0.2) is 41.8 Å². The first-order chi connectivity index (χ1) is 10.0. The summed E-state index contributed by atoms with van der Waals surface area (Å²) in [6.45, 7) is 13.3. The summed E-state index contributed by atoms with van der Waals surface area (Å²) in [6.07, 6.45) is 1.33. The molecule has 1 aliphatic rings. The summed E-state index contributed by atoms with van der Waals surface area (Å²) < 4.78 is 5.71. The van der Waals surface area contributed by atoms with E-state index in [0.29, 0.717) is 12.0 Å². The Kier molecular flexibility index (Phi) is 5.39. The molecule has 1 aliphatic heterocycles. The molecular weight excluding hydrogens is 264 g/mol. The van der Waals surface area contributed by atoms with Crippen molar-refractivity contribution in [2.75, 3.05) is 29.9 Å². The van der Waals surface area contributed by atoms with E-state index in [1.54, 1.807) is 0 Å². The zero-order valence-electron chi connectivity index (χ0n) is 13.9. The zero-order valence-corrected chi connectivity index (χ0v) is 13.9. The minimum absolute atomic E-state index is 0.241. The number of hydrogen-bond donors (Lipinski definition) is 1. The molecule has 2 heterocycles. The third-order valence-corrected chi connectivity index (χ3v) is 3.70. The fraction of sp³-hybridized carbons (Fsp3) is 0.750. The molecule has 1 N–H and O–H groups in total. The van der Waals surface area contributed by atoms with Crippen molar-refractivity contribution in [2.24, 2.45) is 0 Å². The molecule has 1 fully saturated rings. The van der Waals surface area contributed by atoms with E-state index in [1.807, 2.05) is 0 Å². The second kappa shape index (κ2) is 7.07. The first-order valence-corrected chi connectivity index (χ1v) is 8.02. The van der Waals surface area contributed by atoms with Gasteiger partial charge < -0.3 is 15.0 Å². The quantitative estimate of drug-likeness (QED) is 0.904. The summed E-state index contributed by atoms with van der Waals surface area (Å²) in [6, 6.07) is 2.41. The number of nitrogens with zero attached hydrogens (tertiary/aromatic N) is 3. The van der Waals surface area contributed by atoms with Crippen LogP contribution in [-0.2, 0) is 4.74 Å². The largest absolute Gasteiger partial charge is 0.375 e. The lowest BCUT2D eigenvalue weighted by molar-refractivity contribution is 0.0340. The van der Waals surface area contributed by atoms with Crippen LogP contribution in [0.2, 0.25) is 0 Å². The van der Waals surface area contributed by atoms with Crippen LogP contribution in [0.1, 0.15) is 52.8 Å². The average molecular weight is 292 g/mol. The van der Waals surface area contributed by atoms with Gasteiger partial charge in [-0.3, -0.25) is 0 Å². The molecule has 0 saturated carbocycles. The third-order valence-electron chi connectivity index (χ3n) is 3.70. The molecule has 0 aliphatic carbocycles. The smallest absolute Gasteiger partial charge is 0.135 e. The minimum atomic E-state index is 0.241. The molecular formula is C16H28N4O. The Morgan fingerprint density at radius 1 is 1.38 bits per heavy atom. The van der Waals surface area contributed by atoms with E-state index in [-0.39, 0.29) is 6.10 Å². The van der Waals surface area contributed by atoms with Gasteiger partial charge in [0.2, 0.25) is 0 Å². The molecule has 118 valence electrons. The Labute approximate surface area is 128 Å². The Hall–Kier alpha value is -1.36. The molecule has 1 aromatic heterocycles. The molecule has 21 heavy (non-hydrogen) atoms. The van der Waals surface area contributed by atoms with Gasteiger partial charge in [0.25, 0.3) is 0 Å². The first-order valence-electron chi connectivity index (χ1n) is 8.02. The SMILES string of the molecule is CCCNc1cc(N2CC(C)OCC2C)nc(C(C)C)n1. The standard InChI is InChI=1S/C16H28N4O/c1-6-7-17-14-8-15(19-16(18-14)11(2)3)20-9-13(5)21-10-12(20)4/h8,11-13H,6-7,9-10H2,1-5H3,(H,17,18,19). The van der Waals surface area contributed by atoms with Gasteiger partial charge in [-0.15, -0.1) is 0 Å². The highest BCUT2D eigenvalue weighted by molar-refractivity contribution is 5.50. The van der Waals surface area contributed by atoms with E-state index < -0.39 is 0 Å². The molecule has 0 radical (unpaired) electrons. The van der Waals surface area contributed by atoms with Crippen LogP contribution in [0.25, 0.3) is 0 Å². The zero-order chi connectivity index (χ0) is 15.4. The van der Waals surface area contributed by atoms with Gasteiger partial charge in [0, 0.05) is 25.1 Å². The lowest BCUT2D eigenvalue weighted by Gasteiger charge is -2.38. The van der Waals surface area contributed by atoms with Crippen LogP contribution in [0.5, 0.6) is 0 Å². The van der Waals surface area contributed by atoms with E-state index >= 15 is 0 Å². The van der Waals surface area contributed by atoms with Crippen molar-refractivity contribution < 1.29 is 4.74 Å².